The molecule has 1 rings (SSSR count). The number of hydrogen-bond acceptors (Lipinski definition) is 2. The second-order valence-corrected chi connectivity index (χ2v) is 4.52. The Morgan fingerprint density at radius 1 is 1.07 bits per heavy atom. The largest absolute Gasteiger partial charge is 0.249 e. The van der Waals surface area contributed by atoms with Gasteiger partial charge in [0.1, 0.15) is 0 Å². The SMILES string of the molecule is CC.CC(C)C.CC(C)c1cscn1. The number of aromatic nitrogens is 1. The van der Waals surface area contributed by atoms with Crippen LogP contribution in [0.5, 0.6) is 0 Å². The minimum absolute atomic E-state index is 0.584. The van der Waals surface area contributed by atoms with E-state index < -0.39 is 0 Å². The molecular formula is C12H25NS. The molecule has 0 aliphatic rings. The fraction of sp³-hybridized carbons (Fsp3) is 0.750. The number of thiazole rings is 1. The predicted molar refractivity (Wildman–Crippen MR) is 68.1 cm³/mol. The van der Waals surface area contributed by atoms with Crippen molar-refractivity contribution >= 4 is 11.3 Å². The second-order valence-electron chi connectivity index (χ2n) is 3.80. The molecule has 1 aromatic rings. The molecule has 0 bridgehead atoms. The molecule has 0 saturated heterocycles. The van der Waals surface area contributed by atoms with Crippen molar-refractivity contribution < 1.29 is 0 Å². The zero-order chi connectivity index (χ0) is 11.6. The lowest BCUT2D eigenvalue weighted by Gasteiger charge is -1.94. The van der Waals surface area contributed by atoms with Gasteiger partial charge in [0.25, 0.3) is 0 Å². The van der Waals surface area contributed by atoms with Gasteiger partial charge in [-0.25, -0.2) is 4.98 Å². The van der Waals surface area contributed by atoms with E-state index in [1.54, 1.807) is 11.3 Å². The Hall–Kier alpha value is -0.370. The van der Waals surface area contributed by atoms with Crippen molar-refractivity contribution in [3.63, 3.8) is 0 Å². The van der Waals surface area contributed by atoms with Gasteiger partial charge in [0.15, 0.2) is 0 Å². The van der Waals surface area contributed by atoms with Crippen LogP contribution < -0.4 is 0 Å². The zero-order valence-electron chi connectivity index (χ0n) is 10.7. The van der Waals surface area contributed by atoms with E-state index in [1.807, 2.05) is 19.4 Å². The minimum Gasteiger partial charge on any atom is -0.249 e. The van der Waals surface area contributed by atoms with Gasteiger partial charge in [-0.3, -0.25) is 0 Å². The van der Waals surface area contributed by atoms with Crippen LogP contribution in [-0.4, -0.2) is 4.98 Å². The zero-order valence-corrected chi connectivity index (χ0v) is 11.5. The van der Waals surface area contributed by atoms with E-state index >= 15 is 0 Å². The first kappa shape index (κ1) is 16.1. The van der Waals surface area contributed by atoms with Gasteiger partial charge in [0, 0.05) is 5.38 Å². The molecule has 1 nitrogen and oxygen atoms in total. The molecule has 0 N–H and O–H groups in total. The van der Waals surface area contributed by atoms with Crippen molar-refractivity contribution in [2.75, 3.05) is 0 Å². The molecule has 0 fully saturated rings. The molecule has 1 heterocycles. The normalized spacial score (nSPS) is 8.93. The van der Waals surface area contributed by atoms with Gasteiger partial charge in [-0.2, -0.15) is 0 Å². The van der Waals surface area contributed by atoms with Gasteiger partial charge in [-0.05, 0) is 11.8 Å². The summed E-state index contributed by atoms with van der Waals surface area (Å²) >= 11 is 1.66. The molecular weight excluding hydrogens is 190 g/mol. The van der Waals surface area contributed by atoms with Crippen molar-refractivity contribution in [1.29, 1.82) is 0 Å². The van der Waals surface area contributed by atoms with Crippen molar-refractivity contribution in [2.45, 2.75) is 54.4 Å². The van der Waals surface area contributed by atoms with Gasteiger partial charge in [0.2, 0.25) is 0 Å². The lowest BCUT2D eigenvalue weighted by atomic mass is 10.2. The lowest BCUT2D eigenvalue weighted by Crippen LogP contribution is -1.83. The van der Waals surface area contributed by atoms with Gasteiger partial charge in [-0.1, -0.05) is 48.5 Å². The van der Waals surface area contributed by atoms with Crippen LogP contribution in [0.2, 0.25) is 0 Å². The minimum atomic E-state index is 0.584. The average molecular weight is 215 g/mol. The van der Waals surface area contributed by atoms with Crippen LogP contribution in [-0.2, 0) is 0 Å². The number of nitrogens with zero attached hydrogens (tertiary/aromatic N) is 1. The highest BCUT2D eigenvalue weighted by Crippen LogP contribution is 2.12. The quantitative estimate of drug-likeness (QED) is 0.645. The summed E-state index contributed by atoms with van der Waals surface area (Å²) in [5.74, 6) is 1.42. The Balaban J connectivity index is 0. The van der Waals surface area contributed by atoms with Gasteiger partial charge >= 0.3 is 0 Å². The van der Waals surface area contributed by atoms with E-state index in [1.165, 1.54) is 5.69 Å². The summed E-state index contributed by atoms with van der Waals surface area (Å²) in [7, 11) is 0. The summed E-state index contributed by atoms with van der Waals surface area (Å²) in [4.78, 5) is 4.13. The molecule has 0 unspecified atom stereocenters. The molecule has 14 heavy (non-hydrogen) atoms. The summed E-state index contributed by atoms with van der Waals surface area (Å²) < 4.78 is 0. The average Bonchev–Trinajstić information content (AvgIpc) is 2.58. The van der Waals surface area contributed by atoms with Crippen LogP contribution in [0.1, 0.15) is 60.1 Å². The van der Waals surface area contributed by atoms with Crippen molar-refractivity contribution in [3.05, 3.63) is 16.6 Å². The molecule has 2 heteroatoms. The molecule has 0 radical (unpaired) electrons. The van der Waals surface area contributed by atoms with Crippen molar-refractivity contribution in [2.24, 2.45) is 5.92 Å². The van der Waals surface area contributed by atoms with Crippen LogP contribution in [0, 0.1) is 5.92 Å². The molecule has 0 spiro atoms. The van der Waals surface area contributed by atoms with Crippen LogP contribution >= 0.6 is 11.3 Å². The standard InChI is InChI=1S/C6H9NS.C4H10.C2H6/c1-5(2)6-3-8-4-7-6;1-4(2)3;1-2/h3-5H,1-2H3;4H,1-3H3;1-2H3. The summed E-state index contributed by atoms with van der Waals surface area (Å²) in [5, 5.41) is 2.09. The van der Waals surface area contributed by atoms with Gasteiger partial charge in [-0.15, -0.1) is 11.3 Å². The molecule has 0 atom stereocenters. The summed E-state index contributed by atoms with van der Waals surface area (Å²) in [6.07, 6.45) is 0. The molecule has 0 amide bonds. The molecule has 0 aromatic carbocycles. The Morgan fingerprint density at radius 2 is 1.50 bits per heavy atom. The maximum atomic E-state index is 4.13. The maximum absolute atomic E-state index is 4.13. The maximum Gasteiger partial charge on any atom is 0.0794 e. The van der Waals surface area contributed by atoms with Crippen LogP contribution in [0.25, 0.3) is 0 Å². The highest BCUT2D eigenvalue weighted by molar-refractivity contribution is 7.07. The van der Waals surface area contributed by atoms with Crippen LogP contribution in [0.15, 0.2) is 10.9 Å². The predicted octanol–water partition coefficient (Wildman–Crippen LogP) is 4.96. The Bertz CT molecular complexity index is 175. The fourth-order valence-electron chi connectivity index (χ4n) is 0.507. The van der Waals surface area contributed by atoms with E-state index in [4.69, 9.17) is 0 Å². The van der Waals surface area contributed by atoms with Gasteiger partial charge in [0.05, 0.1) is 11.2 Å². The Labute approximate surface area is 93.6 Å². The molecule has 0 aliphatic heterocycles. The van der Waals surface area contributed by atoms with E-state index in [2.05, 4.69) is 45.0 Å². The number of hydrogen-bond donors (Lipinski definition) is 0. The van der Waals surface area contributed by atoms with E-state index in [9.17, 15) is 0 Å². The first-order valence-electron chi connectivity index (χ1n) is 5.42. The lowest BCUT2D eigenvalue weighted by molar-refractivity contribution is 0.737. The van der Waals surface area contributed by atoms with Crippen LogP contribution in [0.4, 0.5) is 0 Å². The molecule has 0 aliphatic carbocycles. The first-order chi connectivity index (χ1) is 6.54. The van der Waals surface area contributed by atoms with E-state index in [-0.39, 0.29) is 0 Å². The molecule has 0 saturated carbocycles. The third-order valence-corrected chi connectivity index (χ3v) is 1.65. The third-order valence-electron chi connectivity index (χ3n) is 1.04. The highest BCUT2D eigenvalue weighted by atomic mass is 32.1. The van der Waals surface area contributed by atoms with Crippen LogP contribution in [0.3, 0.4) is 0 Å². The van der Waals surface area contributed by atoms with Crippen molar-refractivity contribution in [3.8, 4) is 0 Å². The summed E-state index contributed by atoms with van der Waals surface area (Å²) in [5.41, 5.74) is 3.07. The highest BCUT2D eigenvalue weighted by Gasteiger charge is 1.97. The Kier molecular flexibility index (Phi) is 12.3. The number of rotatable bonds is 1. The monoisotopic (exact) mass is 215 g/mol. The molecule has 1 aromatic heterocycles. The van der Waals surface area contributed by atoms with Crippen molar-refractivity contribution in [1.82, 2.24) is 4.98 Å². The van der Waals surface area contributed by atoms with E-state index in [0.717, 1.165) is 5.92 Å². The Morgan fingerprint density at radius 3 is 1.64 bits per heavy atom. The van der Waals surface area contributed by atoms with E-state index in [0.29, 0.717) is 5.92 Å². The molecule has 84 valence electrons. The summed E-state index contributed by atoms with van der Waals surface area (Å²) in [6, 6.07) is 0. The van der Waals surface area contributed by atoms with Gasteiger partial charge < -0.3 is 0 Å². The summed E-state index contributed by atoms with van der Waals surface area (Å²) in [6.45, 7) is 14.8. The third kappa shape index (κ3) is 11.6. The fourth-order valence-corrected chi connectivity index (χ4v) is 1.22. The second kappa shape index (κ2) is 10.7. The topological polar surface area (TPSA) is 12.9 Å². The smallest absolute Gasteiger partial charge is 0.0794 e. The first-order valence-corrected chi connectivity index (χ1v) is 6.36.